The van der Waals surface area contributed by atoms with Gasteiger partial charge in [-0.1, -0.05) is 32.9 Å². The molecule has 0 unspecified atom stereocenters. The Morgan fingerprint density at radius 1 is 1.27 bits per heavy atom. The van der Waals surface area contributed by atoms with Crippen molar-refractivity contribution in [2.45, 2.75) is 50.5 Å². The van der Waals surface area contributed by atoms with Crippen molar-refractivity contribution in [2.24, 2.45) is 0 Å². The van der Waals surface area contributed by atoms with Crippen molar-refractivity contribution in [2.75, 3.05) is 26.2 Å². The van der Waals surface area contributed by atoms with Gasteiger partial charge in [0.25, 0.3) is 0 Å². The molecule has 148 valence electrons. The largest absolute Gasteiger partial charge is 0.337 e. The fourth-order valence-corrected chi connectivity index (χ4v) is 3.90. The van der Waals surface area contributed by atoms with Crippen molar-refractivity contribution in [1.29, 1.82) is 0 Å². The molecule has 1 atom stereocenters. The Balaban J connectivity index is 0.00000338. The molecular formula is C18H30ClN3O3S. The number of piperazine rings is 1. The van der Waals surface area contributed by atoms with Gasteiger partial charge in [-0.2, -0.15) is 0 Å². The summed E-state index contributed by atoms with van der Waals surface area (Å²) in [6.45, 7) is 10.6. The molecule has 2 N–H and O–H groups in total. The first-order valence-electron chi connectivity index (χ1n) is 8.71. The highest BCUT2D eigenvalue weighted by Gasteiger charge is 2.23. The summed E-state index contributed by atoms with van der Waals surface area (Å²) < 4.78 is 27.3. The highest BCUT2D eigenvalue weighted by Crippen LogP contribution is 2.23. The topological polar surface area (TPSA) is 78.5 Å². The van der Waals surface area contributed by atoms with Gasteiger partial charge < -0.3 is 10.2 Å². The summed E-state index contributed by atoms with van der Waals surface area (Å²) >= 11 is 0. The van der Waals surface area contributed by atoms with Crippen molar-refractivity contribution in [3.63, 3.8) is 0 Å². The average Bonchev–Trinajstić information content (AvgIpc) is 2.54. The Kier molecular flexibility index (Phi) is 8.07. The molecule has 1 amide bonds. The third-order valence-electron chi connectivity index (χ3n) is 4.48. The number of halogens is 1. The smallest absolute Gasteiger partial charge is 0.240 e. The molecule has 1 aromatic rings. The standard InChI is InChI=1S/C18H29N3O3S.ClH/c1-14-13-19-11-12-21(14)17(22)9-10-20-25(23,24)16-7-5-15(6-8-16)18(2,3)4;/h5-8,14,19-20H,9-13H2,1-4H3;1H/t14-;/m1./s1. The number of carbonyl (C=O) groups is 1. The third kappa shape index (κ3) is 5.94. The van der Waals surface area contributed by atoms with Crippen LogP contribution in [0.15, 0.2) is 29.2 Å². The molecule has 0 saturated carbocycles. The van der Waals surface area contributed by atoms with Crippen LogP contribution in [0.5, 0.6) is 0 Å². The summed E-state index contributed by atoms with van der Waals surface area (Å²) in [7, 11) is -3.60. The van der Waals surface area contributed by atoms with Crippen LogP contribution in [0, 0.1) is 0 Å². The Bertz CT molecular complexity index is 699. The van der Waals surface area contributed by atoms with Crippen molar-refractivity contribution in [3.8, 4) is 0 Å². The molecule has 0 spiro atoms. The van der Waals surface area contributed by atoms with E-state index in [-0.39, 0.29) is 47.6 Å². The van der Waals surface area contributed by atoms with E-state index in [1.54, 1.807) is 12.1 Å². The molecule has 8 heteroatoms. The van der Waals surface area contributed by atoms with Gasteiger partial charge in [-0.25, -0.2) is 13.1 Å². The van der Waals surface area contributed by atoms with Crippen LogP contribution in [0.25, 0.3) is 0 Å². The predicted octanol–water partition coefficient (Wildman–Crippen LogP) is 1.89. The summed E-state index contributed by atoms with van der Waals surface area (Å²) in [6.07, 6.45) is 0.170. The van der Waals surface area contributed by atoms with Crippen LogP contribution < -0.4 is 10.0 Å². The van der Waals surface area contributed by atoms with Gasteiger partial charge in [0.1, 0.15) is 0 Å². The van der Waals surface area contributed by atoms with Gasteiger partial charge in [-0.05, 0) is 30.0 Å². The molecule has 0 bridgehead atoms. The number of nitrogens with zero attached hydrogens (tertiary/aromatic N) is 1. The third-order valence-corrected chi connectivity index (χ3v) is 5.96. The lowest BCUT2D eigenvalue weighted by molar-refractivity contribution is -0.133. The van der Waals surface area contributed by atoms with E-state index in [1.165, 1.54) is 0 Å². The zero-order valence-corrected chi connectivity index (χ0v) is 17.5. The number of benzene rings is 1. The van der Waals surface area contributed by atoms with Crippen LogP contribution in [0.1, 0.15) is 39.7 Å². The minimum absolute atomic E-state index is 0. The van der Waals surface area contributed by atoms with Crippen molar-refractivity contribution in [1.82, 2.24) is 14.9 Å². The quantitative estimate of drug-likeness (QED) is 0.786. The van der Waals surface area contributed by atoms with E-state index in [2.05, 4.69) is 30.8 Å². The number of hydrogen-bond donors (Lipinski definition) is 2. The summed E-state index contributed by atoms with van der Waals surface area (Å²) in [4.78, 5) is 14.3. The summed E-state index contributed by atoms with van der Waals surface area (Å²) in [5.41, 5.74) is 1.05. The monoisotopic (exact) mass is 403 g/mol. The highest BCUT2D eigenvalue weighted by atomic mass is 35.5. The first-order chi connectivity index (χ1) is 11.6. The first-order valence-corrected chi connectivity index (χ1v) is 10.2. The lowest BCUT2D eigenvalue weighted by Crippen LogP contribution is -2.52. The average molecular weight is 404 g/mol. The minimum atomic E-state index is -3.60. The summed E-state index contributed by atoms with van der Waals surface area (Å²) in [6, 6.07) is 7.04. The Hall–Kier alpha value is -1.15. The zero-order chi connectivity index (χ0) is 18.7. The number of sulfonamides is 1. The van der Waals surface area contributed by atoms with Crippen LogP contribution in [-0.2, 0) is 20.2 Å². The molecule has 0 radical (unpaired) electrons. The number of nitrogens with one attached hydrogen (secondary N) is 2. The second kappa shape index (κ2) is 9.17. The Morgan fingerprint density at radius 3 is 2.42 bits per heavy atom. The maximum Gasteiger partial charge on any atom is 0.240 e. The van der Waals surface area contributed by atoms with E-state index < -0.39 is 10.0 Å². The molecule has 1 aromatic carbocycles. The predicted molar refractivity (Wildman–Crippen MR) is 106 cm³/mol. The Labute approximate surface area is 163 Å². The van der Waals surface area contributed by atoms with Crippen molar-refractivity contribution >= 4 is 28.3 Å². The molecule has 1 heterocycles. The van der Waals surface area contributed by atoms with Gasteiger partial charge in [0.2, 0.25) is 15.9 Å². The van der Waals surface area contributed by atoms with Crippen LogP contribution in [0.2, 0.25) is 0 Å². The first kappa shape index (κ1) is 22.9. The number of rotatable bonds is 5. The lowest BCUT2D eigenvalue weighted by atomic mass is 9.87. The maximum absolute atomic E-state index is 12.4. The fraction of sp³-hybridized carbons (Fsp3) is 0.611. The molecule has 1 aliphatic heterocycles. The van der Waals surface area contributed by atoms with Crippen LogP contribution in [0.3, 0.4) is 0 Å². The van der Waals surface area contributed by atoms with Gasteiger partial charge in [0.15, 0.2) is 0 Å². The molecule has 1 fully saturated rings. The van der Waals surface area contributed by atoms with E-state index in [0.29, 0.717) is 6.54 Å². The Morgan fingerprint density at radius 2 is 1.88 bits per heavy atom. The summed E-state index contributed by atoms with van der Waals surface area (Å²) in [5, 5.41) is 3.23. The molecule has 1 saturated heterocycles. The fourth-order valence-electron chi connectivity index (χ4n) is 2.86. The zero-order valence-electron chi connectivity index (χ0n) is 15.9. The lowest BCUT2D eigenvalue weighted by Gasteiger charge is -2.34. The molecule has 0 aliphatic carbocycles. The van der Waals surface area contributed by atoms with Crippen molar-refractivity contribution < 1.29 is 13.2 Å². The van der Waals surface area contributed by atoms with Gasteiger partial charge in [0, 0.05) is 38.6 Å². The van der Waals surface area contributed by atoms with Crippen LogP contribution >= 0.6 is 12.4 Å². The molecule has 0 aromatic heterocycles. The van der Waals surface area contributed by atoms with Crippen LogP contribution in [-0.4, -0.2) is 51.4 Å². The molecule has 26 heavy (non-hydrogen) atoms. The van der Waals surface area contributed by atoms with Crippen LogP contribution in [0.4, 0.5) is 0 Å². The maximum atomic E-state index is 12.4. The van der Waals surface area contributed by atoms with E-state index in [1.807, 2.05) is 24.0 Å². The van der Waals surface area contributed by atoms with Gasteiger partial charge in [-0.3, -0.25) is 4.79 Å². The second-order valence-corrected chi connectivity index (χ2v) is 9.33. The number of hydrogen-bond acceptors (Lipinski definition) is 4. The molecule has 6 nitrogen and oxygen atoms in total. The minimum Gasteiger partial charge on any atom is -0.337 e. The summed E-state index contributed by atoms with van der Waals surface area (Å²) in [5.74, 6) is -0.0141. The normalized spacial score (nSPS) is 18.3. The van der Waals surface area contributed by atoms with E-state index >= 15 is 0 Å². The van der Waals surface area contributed by atoms with Gasteiger partial charge in [-0.15, -0.1) is 12.4 Å². The highest BCUT2D eigenvalue weighted by molar-refractivity contribution is 7.89. The second-order valence-electron chi connectivity index (χ2n) is 7.56. The van der Waals surface area contributed by atoms with E-state index in [9.17, 15) is 13.2 Å². The molecule has 1 aliphatic rings. The van der Waals surface area contributed by atoms with E-state index in [0.717, 1.165) is 18.7 Å². The molecule has 2 rings (SSSR count). The number of carbonyl (C=O) groups excluding carboxylic acids is 1. The van der Waals surface area contributed by atoms with Gasteiger partial charge in [0.05, 0.1) is 4.90 Å². The van der Waals surface area contributed by atoms with E-state index in [4.69, 9.17) is 0 Å². The van der Waals surface area contributed by atoms with Crippen molar-refractivity contribution in [3.05, 3.63) is 29.8 Å². The SMILES string of the molecule is C[C@@H]1CNCCN1C(=O)CCNS(=O)(=O)c1ccc(C(C)(C)C)cc1.Cl. The van der Waals surface area contributed by atoms with Gasteiger partial charge >= 0.3 is 0 Å². The molecular weight excluding hydrogens is 374 g/mol. The number of amides is 1.